The highest BCUT2D eigenvalue weighted by atomic mass is 35.5. The molecule has 10 rings (SSSR count). The van der Waals surface area contributed by atoms with Crippen molar-refractivity contribution in [2.45, 2.75) is 170 Å². The molecule has 0 radical (unpaired) electrons. The van der Waals surface area contributed by atoms with E-state index in [1.807, 2.05) is 84.3 Å². The zero-order valence-electron chi connectivity index (χ0n) is 45.3. The molecule has 2 saturated heterocycles. The number of carbonyl (C=O) groups is 4. The van der Waals surface area contributed by atoms with Gasteiger partial charge in [-0.05, 0) is 160 Å². The summed E-state index contributed by atoms with van der Waals surface area (Å²) < 4.78 is 66.9. The molecule has 6 aliphatic rings. The molecular weight excluding hydrogens is 1140 g/mol. The number of ether oxygens (including phenoxy) is 1. The molecule has 2 amide bonds. The Labute approximate surface area is 491 Å². The summed E-state index contributed by atoms with van der Waals surface area (Å²) >= 11 is 26.4. The minimum atomic E-state index is -3.73. The second-order valence-corrected chi connectivity index (χ2v) is 29.5. The molecule has 6 fully saturated rings. The lowest BCUT2D eigenvalue weighted by Crippen LogP contribution is -2.60. The lowest BCUT2D eigenvalue weighted by atomic mass is 9.64. The fourth-order valence-corrected chi connectivity index (χ4v) is 17.5. The Morgan fingerprint density at radius 3 is 1.24 bits per heavy atom. The number of likely N-dealkylation sites (tertiary alicyclic amines) is 2. The molecule has 4 aromatic rings. The van der Waals surface area contributed by atoms with Crippen molar-refractivity contribution in [1.82, 2.24) is 19.2 Å². The van der Waals surface area contributed by atoms with Crippen molar-refractivity contribution in [1.29, 1.82) is 0 Å². The predicted molar refractivity (Wildman–Crippen MR) is 312 cm³/mol. The Hall–Kier alpha value is -4.06. The van der Waals surface area contributed by atoms with Crippen molar-refractivity contribution in [3.05, 3.63) is 139 Å². The molecule has 4 aromatic carbocycles. The standard InChI is InChI=1S/C61H72Cl4N4O9S2/c1-3-60(32-50(42-10-7-12-46(64)30-42)56(40-22-26-44(62)27-23-40)68(58(60)72)52(38-18-19-38)36-66-79(74,75)48-14-5-6-15-48)34-54(70)78-55(71)35-61(4-2)33-51(43-11-8-13-47(65)31-43)57(41-24-28-45(63)29-25-41)69(59(61)73)53(39-20-21-39)37-67-80(76,77)49-16-9-17-49/h7-8,10-13,22-31,38-39,48-53,56-57,66-67H,3-6,9,14-21,32-37H2,1-2H3. The highest BCUT2D eigenvalue weighted by Crippen LogP contribution is 2.58. The molecule has 430 valence electrons. The van der Waals surface area contributed by atoms with E-state index in [1.54, 1.807) is 36.4 Å². The third-order valence-electron chi connectivity index (χ3n) is 18.7. The van der Waals surface area contributed by atoms with Gasteiger partial charge >= 0.3 is 11.9 Å². The second-order valence-electron chi connectivity index (χ2n) is 23.7. The van der Waals surface area contributed by atoms with Crippen molar-refractivity contribution in [2.75, 3.05) is 13.1 Å². The van der Waals surface area contributed by atoms with E-state index in [0.29, 0.717) is 45.8 Å². The van der Waals surface area contributed by atoms with Gasteiger partial charge in [0, 0.05) is 57.1 Å². The first kappa shape index (κ1) is 59.1. The van der Waals surface area contributed by atoms with Gasteiger partial charge in [0.2, 0.25) is 31.9 Å². The average molecular weight is 1210 g/mol. The highest BCUT2D eigenvalue weighted by Gasteiger charge is 2.59. The first-order valence-corrected chi connectivity index (χ1v) is 33.2. The van der Waals surface area contributed by atoms with Crippen LogP contribution in [0.4, 0.5) is 0 Å². The van der Waals surface area contributed by atoms with E-state index < -0.39 is 102 Å². The normalized spacial score (nSPS) is 26.7. The van der Waals surface area contributed by atoms with Crippen LogP contribution in [0.5, 0.6) is 0 Å². The van der Waals surface area contributed by atoms with Crippen LogP contribution in [0.1, 0.15) is 169 Å². The maximum atomic E-state index is 16.0. The third-order valence-corrected chi connectivity index (χ3v) is 23.6. The Kier molecular flexibility index (Phi) is 17.9. The van der Waals surface area contributed by atoms with Crippen LogP contribution in [0.25, 0.3) is 0 Å². The van der Waals surface area contributed by atoms with Crippen molar-refractivity contribution >= 4 is 90.2 Å². The number of hydrogen-bond acceptors (Lipinski definition) is 9. The van der Waals surface area contributed by atoms with E-state index in [2.05, 4.69) is 9.44 Å². The number of carbonyl (C=O) groups excluding carboxylic acids is 4. The lowest BCUT2D eigenvalue weighted by Gasteiger charge is -2.53. The SMILES string of the molecule is CCC1(CC(=O)OC(=O)CC2(CC)CC(c3cccc(Cl)c3)C(c3ccc(Cl)cc3)N(C(CNS(=O)(=O)C3CCC3)C3CC3)C2=O)CC(c2cccc(Cl)c2)C(c2ccc(Cl)cc2)N(C(CNS(=O)(=O)C2CCCC2)C2CC2)C1=O. The van der Waals surface area contributed by atoms with E-state index >= 15 is 9.59 Å². The molecule has 0 aromatic heterocycles. The first-order valence-electron chi connectivity index (χ1n) is 28.6. The average Bonchev–Trinajstić information content (AvgIpc) is 4.42. The Morgan fingerprint density at radius 1 is 0.537 bits per heavy atom. The molecule has 2 aliphatic heterocycles. The molecule has 2 N–H and O–H groups in total. The van der Waals surface area contributed by atoms with Gasteiger partial charge in [-0.15, -0.1) is 0 Å². The van der Waals surface area contributed by atoms with Crippen LogP contribution in [0, 0.1) is 22.7 Å². The zero-order valence-corrected chi connectivity index (χ0v) is 50.0. The molecule has 8 atom stereocenters. The van der Waals surface area contributed by atoms with Gasteiger partial charge in [-0.1, -0.05) is 128 Å². The number of rotatable bonds is 22. The molecule has 8 unspecified atom stereocenters. The van der Waals surface area contributed by atoms with Gasteiger partial charge in [-0.3, -0.25) is 19.2 Å². The first-order chi connectivity index (χ1) is 38.2. The van der Waals surface area contributed by atoms with E-state index in [0.717, 1.165) is 67.2 Å². The van der Waals surface area contributed by atoms with Gasteiger partial charge in [0.1, 0.15) is 0 Å². The number of halogens is 4. The number of piperidine rings is 2. The maximum Gasteiger partial charge on any atom is 0.314 e. The van der Waals surface area contributed by atoms with Crippen LogP contribution in [-0.4, -0.2) is 86.1 Å². The molecule has 4 saturated carbocycles. The van der Waals surface area contributed by atoms with Crippen molar-refractivity contribution in [3.63, 3.8) is 0 Å². The fraction of sp³-hybridized carbons (Fsp3) is 0.541. The summed E-state index contributed by atoms with van der Waals surface area (Å²) in [7, 11) is -7.42. The summed E-state index contributed by atoms with van der Waals surface area (Å²) in [6.45, 7) is 3.65. The summed E-state index contributed by atoms with van der Waals surface area (Å²) in [6, 6.07) is 27.0. The Morgan fingerprint density at radius 2 is 0.912 bits per heavy atom. The minimum absolute atomic E-state index is 0.0163. The summed E-state index contributed by atoms with van der Waals surface area (Å²) in [6.07, 6.45) is 7.57. The van der Waals surface area contributed by atoms with Crippen LogP contribution in [0.2, 0.25) is 20.1 Å². The van der Waals surface area contributed by atoms with Crippen molar-refractivity contribution in [2.24, 2.45) is 22.7 Å². The number of benzene rings is 4. The Balaban J connectivity index is 0.988. The summed E-state index contributed by atoms with van der Waals surface area (Å²) in [5.74, 6) is -3.54. The number of sulfonamides is 2. The van der Waals surface area contributed by atoms with Crippen LogP contribution < -0.4 is 9.44 Å². The van der Waals surface area contributed by atoms with Crippen LogP contribution in [0.3, 0.4) is 0 Å². The number of nitrogens with one attached hydrogen (secondary N) is 2. The Bertz CT molecular complexity index is 3170. The third kappa shape index (κ3) is 12.6. The van der Waals surface area contributed by atoms with Gasteiger partial charge in [0.05, 0.1) is 46.3 Å². The minimum Gasteiger partial charge on any atom is -0.393 e. The van der Waals surface area contributed by atoms with Crippen molar-refractivity contribution in [3.8, 4) is 0 Å². The van der Waals surface area contributed by atoms with Crippen LogP contribution in [-0.2, 0) is 44.0 Å². The fourth-order valence-electron chi connectivity index (χ4n) is 13.7. The molecule has 2 heterocycles. The quantitative estimate of drug-likeness (QED) is 0.0573. The zero-order chi connectivity index (χ0) is 56.7. The molecule has 4 aliphatic carbocycles. The second kappa shape index (κ2) is 24.3. The highest BCUT2D eigenvalue weighted by molar-refractivity contribution is 7.90. The van der Waals surface area contributed by atoms with E-state index in [4.69, 9.17) is 51.1 Å². The van der Waals surface area contributed by atoms with E-state index in [1.165, 1.54) is 0 Å². The van der Waals surface area contributed by atoms with Crippen LogP contribution >= 0.6 is 46.4 Å². The van der Waals surface area contributed by atoms with Gasteiger partial charge in [0.15, 0.2) is 0 Å². The molecule has 0 spiro atoms. The maximum absolute atomic E-state index is 16.0. The van der Waals surface area contributed by atoms with Gasteiger partial charge in [0.25, 0.3) is 0 Å². The number of hydrogen-bond donors (Lipinski definition) is 2. The number of nitrogens with zero attached hydrogens (tertiary/aromatic N) is 2. The summed E-state index contributed by atoms with van der Waals surface area (Å²) in [5, 5.41) is 0.946. The van der Waals surface area contributed by atoms with Gasteiger partial charge < -0.3 is 14.5 Å². The molecule has 80 heavy (non-hydrogen) atoms. The van der Waals surface area contributed by atoms with Gasteiger partial charge in [-0.25, -0.2) is 26.3 Å². The molecular formula is C61H72Cl4N4O9S2. The predicted octanol–water partition coefficient (Wildman–Crippen LogP) is 12.6. The lowest BCUT2D eigenvalue weighted by molar-refractivity contribution is -0.173. The van der Waals surface area contributed by atoms with Gasteiger partial charge in [-0.2, -0.15) is 0 Å². The number of amides is 2. The molecule has 19 heteroatoms. The van der Waals surface area contributed by atoms with E-state index in [-0.39, 0.29) is 62.4 Å². The molecule has 13 nitrogen and oxygen atoms in total. The van der Waals surface area contributed by atoms with Crippen LogP contribution in [0.15, 0.2) is 97.1 Å². The number of esters is 2. The van der Waals surface area contributed by atoms with E-state index in [9.17, 15) is 26.4 Å². The topological polar surface area (TPSA) is 176 Å². The van der Waals surface area contributed by atoms with Crippen molar-refractivity contribution < 1.29 is 40.8 Å². The summed E-state index contributed by atoms with van der Waals surface area (Å²) in [5.41, 5.74) is 0.329. The summed E-state index contributed by atoms with van der Waals surface area (Å²) in [4.78, 5) is 65.3. The smallest absolute Gasteiger partial charge is 0.314 e. The monoisotopic (exact) mass is 1210 g/mol. The largest absolute Gasteiger partial charge is 0.393 e. The molecule has 0 bridgehead atoms.